The SMILES string of the molecule is Cc1ccc2cc(CNc3cccc(Cl)c3Br)ccc2n1. The van der Waals surface area contributed by atoms with Gasteiger partial charge in [0.1, 0.15) is 0 Å². The highest BCUT2D eigenvalue weighted by Gasteiger charge is 2.04. The van der Waals surface area contributed by atoms with Crippen LogP contribution in [0.25, 0.3) is 10.9 Å². The van der Waals surface area contributed by atoms with Gasteiger partial charge in [0.05, 0.1) is 20.7 Å². The summed E-state index contributed by atoms with van der Waals surface area (Å²) in [4.78, 5) is 4.52. The second-order valence-electron chi connectivity index (χ2n) is 4.93. The lowest BCUT2D eigenvalue weighted by Crippen LogP contribution is -2.00. The van der Waals surface area contributed by atoms with Crippen molar-refractivity contribution in [1.29, 1.82) is 0 Å². The molecule has 0 fully saturated rings. The standard InChI is InChI=1S/C17H14BrClN2/c1-11-5-7-13-9-12(6-8-15(13)21-11)10-20-16-4-2-3-14(19)17(16)18/h2-9,20H,10H2,1H3. The van der Waals surface area contributed by atoms with E-state index in [0.29, 0.717) is 5.02 Å². The Kier molecular flexibility index (Phi) is 4.13. The van der Waals surface area contributed by atoms with Crippen molar-refractivity contribution in [1.82, 2.24) is 4.98 Å². The Morgan fingerprint density at radius 3 is 2.86 bits per heavy atom. The third-order valence-electron chi connectivity index (χ3n) is 3.33. The third-order valence-corrected chi connectivity index (χ3v) is 4.72. The quantitative estimate of drug-likeness (QED) is 0.659. The fraction of sp³-hybridized carbons (Fsp3) is 0.118. The molecule has 0 bridgehead atoms. The Bertz CT molecular complexity index is 802. The van der Waals surface area contributed by atoms with Gasteiger partial charge in [0.25, 0.3) is 0 Å². The number of nitrogens with zero attached hydrogens (tertiary/aromatic N) is 1. The molecule has 3 aromatic rings. The first-order chi connectivity index (χ1) is 10.1. The molecule has 0 unspecified atom stereocenters. The predicted molar refractivity (Wildman–Crippen MR) is 93.0 cm³/mol. The summed E-state index contributed by atoms with van der Waals surface area (Å²) in [7, 11) is 0. The average Bonchev–Trinajstić information content (AvgIpc) is 2.49. The van der Waals surface area contributed by atoms with Crippen LogP contribution in [-0.4, -0.2) is 4.98 Å². The maximum atomic E-state index is 6.09. The number of nitrogens with one attached hydrogen (secondary N) is 1. The fourth-order valence-corrected chi connectivity index (χ4v) is 2.80. The fourth-order valence-electron chi connectivity index (χ4n) is 2.22. The number of halogens is 2. The van der Waals surface area contributed by atoms with Crippen LogP contribution in [0, 0.1) is 6.92 Å². The molecule has 0 aliphatic heterocycles. The van der Waals surface area contributed by atoms with Crippen molar-refractivity contribution in [2.24, 2.45) is 0 Å². The number of aromatic nitrogens is 1. The second kappa shape index (κ2) is 6.04. The number of hydrogen-bond donors (Lipinski definition) is 1. The molecule has 4 heteroatoms. The van der Waals surface area contributed by atoms with Crippen LogP contribution in [0.1, 0.15) is 11.3 Å². The van der Waals surface area contributed by atoms with Crippen LogP contribution in [0.4, 0.5) is 5.69 Å². The van der Waals surface area contributed by atoms with E-state index in [1.807, 2.05) is 31.2 Å². The van der Waals surface area contributed by atoms with Gasteiger partial charge in [0, 0.05) is 17.6 Å². The highest BCUT2D eigenvalue weighted by molar-refractivity contribution is 9.10. The Morgan fingerprint density at radius 1 is 1.14 bits per heavy atom. The summed E-state index contributed by atoms with van der Waals surface area (Å²) in [5.74, 6) is 0. The van der Waals surface area contributed by atoms with Crippen LogP contribution in [-0.2, 0) is 6.54 Å². The Hall–Kier alpha value is -1.58. The van der Waals surface area contributed by atoms with Crippen LogP contribution >= 0.6 is 27.5 Å². The molecule has 0 atom stereocenters. The van der Waals surface area contributed by atoms with Crippen molar-refractivity contribution in [3.8, 4) is 0 Å². The molecule has 1 N–H and O–H groups in total. The first-order valence-electron chi connectivity index (χ1n) is 6.68. The van der Waals surface area contributed by atoms with E-state index in [2.05, 4.69) is 50.5 Å². The monoisotopic (exact) mass is 360 g/mol. The van der Waals surface area contributed by atoms with E-state index in [1.165, 1.54) is 5.56 Å². The topological polar surface area (TPSA) is 24.9 Å². The van der Waals surface area contributed by atoms with E-state index in [9.17, 15) is 0 Å². The number of benzene rings is 2. The van der Waals surface area contributed by atoms with Gasteiger partial charge in [-0.3, -0.25) is 4.98 Å². The second-order valence-corrected chi connectivity index (χ2v) is 6.13. The first kappa shape index (κ1) is 14.4. The highest BCUT2D eigenvalue weighted by Crippen LogP contribution is 2.30. The molecular formula is C17H14BrClN2. The van der Waals surface area contributed by atoms with Crippen molar-refractivity contribution < 1.29 is 0 Å². The van der Waals surface area contributed by atoms with Crippen LogP contribution in [0.5, 0.6) is 0 Å². The lowest BCUT2D eigenvalue weighted by molar-refractivity contribution is 1.15. The molecule has 1 heterocycles. The minimum absolute atomic E-state index is 0.707. The van der Waals surface area contributed by atoms with Crippen molar-refractivity contribution in [2.75, 3.05) is 5.32 Å². The number of hydrogen-bond acceptors (Lipinski definition) is 2. The van der Waals surface area contributed by atoms with Gasteiger partial charge >= 0.3 is 0 Å². The average molecular weight is 362 g/mol. The van der Waals surface area contributed by atoms with Crippen LogP contribution < -0.4 is 5.32 Å². The van der Waals surface area contributed by atoms with Crippen LogP contribution in [0.3, 0.4) is 0 Å². The minimum Gasteiger partial charge on any atom is -0.380 e. The van der Waals surface area contributed by atoms with Crippen LogP contribution in [0.2, 0.25) is 5.02 Å². The van der Waals surface area contributed by atoms with Gasteiger partial charge in [0.2, 0.25) is 0 Å². The molecule has 3 rings (SSSR count). The summed E-state index contributed by atoms with van der Waals surface area (Å²) >= 11 is 9.59. The van der Waals surface area contributed by atoms with Crippen molar-refractivity contribution >= 4 is 44.1 Å². The molecule has 0 saturated heterocycles. The molecule has 0 radical (unpaired) electrons. The van der Waals surface area contributed by atoms with Crippen molar-refractivity contribution in [3.63, 3.8) is 0 Å². The highest BCUT2D eigenvalue weighted by atomic mass is 79.9. The minimum atomic E-state index is 0.707. The lowest BCUT2D eigenvalue weighted by atomic mass is 10.1. The number of anilines is 1. The van der Waals surface area contributed by atoms with E-state index in [4.69, 9.17) is 11.6 Å². The molecule has 0 saturated carbocycles. The smallest absolute Gasteiger partial charge is 0.0705 e. The van der Waals surface area contributed by atoms with E-state index in [-0.39, 0.29) is 0 Å². The van der Waals surface area contributed by atoms with Crippen molar-refractivity contribution in [3.05, 3.63) is 69.3 Å². The van der Waals surface area contributed by atoms with E-state index in [1.54, 1.807) is 0 Å². The number of pyridine rings is 1. The maximum absolute atomic E-state index is 6.09. The number of aryl methyl sites for hydroxylation is 1. The van der Waals surface area contributed by atoms with Gasteiger partial charge < -0.3 is 5.32 Å². The predicted octanol–water partition coefficient (Wildman–Crippen LogP) is 5.57. The maximum Gasteiger partial charge on any atom is 0.0705 e. The zero-order valence-corrected chi connectivity index (χ0v) is 13.9. The molecule has 1 aromatic heterocycles. The summed E-state index contributed by atoms with van der Waals surface area (Å²) < 4.78 is 0.893. The van der Waals surface area contributed by atoms with E-state index in [0.717, 1.165) is 33.3 Å². The molecule has 21 heavy (non-hydrogen) atoms. The van der Waals surface area contributed by atoms with Gasteiger partial charge in [-0.15, -0.1) is 0 Å². The number of rotatable bonds is 3. The molecule has 0 aliphatic carbocycles. The molecule has 0 aliphatic rings. The molecule has 106 valence electrons. The summed E-state index contributed by atoms with van der Waals surface area (Å²) in [6.45, 7) is 2.74. The van der Waals surface area contributed by atoms with Gasteiger partial charge in [-0.2, -0.15) is 0 Å². The molecule has 0 spiro atoms. The third kappa shape index (κ3) is 3.20. The van der Waals surface area contributed by atoms with Gasteiger partial charge in [-0.1, -0.05) is 29.8 Å². The summed E-state index contributed by atoms with van der Waals surface area (Å²) in [5.41, 5.74) is 4.27. The summed E-state index contributed by atoms with van der Waals surface area (Å²) in [6.07, 6.45) is 0. The summed E-state index contributed by atoms with van der Waals surface area (Å²) in [5, 5.41) is 5.26. The number of fused-ring (bicyclic) bond motifs is 1. The van der Waals surface area contributed by atoms with Gasteiger partial charge in [0.15, 0.2) is 0 Å². The molecular weight excluding hydrogens is 348 g/mol. The van der Waals surface area contributed by atoms with Gasteiger partial charge in [-0.25, -0.2) is 0 Å². The molecule has 2 nitrogen and oxygen atoms in total. The molecule has 2 aromatic carbocycles. The van der Waals surface area contributed by atoms with E-state index < -0.39 is 0 Å². The Balaban J connectivity index is 1.82. The van der Waals surface area contributed by atoms with Gasteiger partial charge in [-0.05, 0) is 58.7 Å². The Labute approximate surface area is 137 Å². The largest absolute Gasteiger partial charge is 0.380 e. The summed E-state index contributed by atoms with van der Waals surface area (Å²) in [6, 6.07) is 16.3. The Morgan fingerprint density at radius 2 is 2.00 bits per heavy atom. The zero-order chi connectivity index (χ0) is 14.8. The first-order valence-corrected chi connectivity index (χ1v) is 7.85. The van der Waals surface area contributed by atoms with E-state index >= 15 is 0 Å². The lowest BCUT2D eigenvalue weighted by Gasteiger charge is -2.10. The van der Waals surface area contributed by atoms with Crippen molar-refractivity contribution in [2.45, 2.75) is 13.5 Å². The molecule has 0 amide bonds. The zero-order valence-electron chi connectivity index (χ0n) is 11.5. The van der Waals surface area contributed by atoms with Crippen LogP contribution in [0.15, 0.2) is 53.0 Å². The normalized spacial score (nSPS) is 10.8.